The molecular weight excluding hydrogens is 330 g/mol. The van der Waals surface area contributed by atoms with Crippen molar-refractivity contribution in [3.8, 4) is 0 Å². The Kier molecular flexibility index (Phi) is 5.53. The predicted octanol–water partition coefficient (Wildman–Crippen LogP) is 0.586. The molecule has 23 heavy (non-hydrogen) atoms. The van der Waals surface area contributed by atoms with E-state index in [-0.39, 0.29) is 18.0 Å². The van der Waals surface area contributed by atoms with E-state index in [4.69, 9.17) is 5.11 Å². The van der Waals surface area contributed by atoms with Crippen LogP contribution in [0.1, 0.15) is 0 Å². The molecule has 1 fully saturated rings. The highest BCUT2D eigenvalue weighted by molar-refractivity contribution is 7.92. The number of carboxylic acid groups (broad SMARTS) is 1. The van der Waals surface area contributed by atoms with E-state index in [1.807, 2.05) is 4.90 Å². The van der Waals surface area contributed by atoms with Gasteiger partial charge in [-0.2, -0.15) is 0 Å². The van der Waals surface area contributed by atoms with Crippen LogP contribution in [0.5, 0.6) is 0 Å². The molecule has 0 saturated carbocycles. The summed E-state index contributed by atoms with van der Waals surface area (Å²) in [7, 11) is -3.62. The zero-order valence-electron chi connectivity index (χ0n) is 12.4. The molecule has 1 aliphatic heterocycles. The largest absolute Gasteiger partial charge is 0.480 e. The summed E-state index contributed by atoms with van der Waals surface area (Å²) in [6.45, 7) is 2.12. The molecular formula is C14H18F2N2O4S. The topological polar surface area (TPSA) is 77.9 Å². The first kappa shape index (κ1) is 17.6. The van der Waals surface area contributed by atoms with Gasteiger partial charge < -0.3 is 10.0 Å². The maximum absolute atomic E-state index is 13.7. The molecule has 0 bridgehead atoms. The minimum absolute atomic E-state index is 0.197. The van der Waals surface area contributed by atoms with Gasteiger partial charge in [0, 0.05) is 38.8 Å². The van der Waals surface area contributed by atoms with Gasteiger partial charge in [0.25, 0.3) is 0 Å². The summed E-state index contributed by atoms with van der Waals surface area (Å²) in [5.41, 5.74) is 0.197. The third-order valence-electron chi connectivity index (χ3n) is 3.68. The highest BCUT2D eigenvalue weighted by atomic mass is 32.2. The van der Waals surface area contributed by atoms with Crippen molar-refractivity contribution in [1.82, 2.24) is 4.90 Å². The number of hydrogen-bond acceptors (Lipinski definition) is 5. The fraction of sp³-hybridized carbons (Fsp3) is 0.500. The minimum atomic E-state index is -3.62. The number of hydrogen-bond donors (Lipinski definition) is 1. The van der Waals surface area contributed by atoms with Crippen molar-refractivity contribution < 1.29 is 27.1 Å². The molecule has 1 aromatic rings. The van der Waals surface area contributed by atoms with E-state index in [0.717, 1.165) is 18.2 Å². The van der Waals surface area contributed by atoms with Crippen LogP contribution < -0.4 is 4.90 Å². The first-order chi connectivity index (χ1) is 10.8. The van der Waals surface area contributed by atoms with Crippen LogP contribution in [0, 0.1) is 11.6 Å². The van der Waals surface area contributed by atoms with Crippen LogP contribution in [0.15, 0.2) is 18.2 Å². The molecule has 128 valence electrons. The van der Waals surface area contributed by atoms with Crippen LogP contribution in [-0.4, -0.2) is 68.6 Å². The van der Waals surface area contributed by atoms with Crippen molar-refractivity contribution in [2.75, 3.05) is 49.1 Å². The van der Waals surface area contributed by atoms with Crippen LogP contribution >= 0.6 is 0 Å². The number of carboxylic acids is 1. The second-order valence-corrected chi connectivity index (χ2v) is 7.59. The van der Waals surface area contributed by atoms with E-state index in [1.54, 1.807) is 4.90 Å². The third kappa shape index (κ3) is 5.14. The van der Waals surface area contributed by atoms with Crippen LogP contribution in [0.4, 0.5) is 14.5 Å². The maximum Gasteiger partial charge on any atom is 0.318 e. The molecule has 0 spiro atoms. The Morgan fingerprint density at radius 1 is 1.17 bits per heavy atom. The fourth-order valence-corrected chi connectivity index (χ4v) is 3.53. The second kappa shape index (κ2) is 7.22. The van der Waals surface area contributed by atoms with Gasteiger partial charge >= 0.3 is 5.97 Å². The quantitative estimate of drug-likeness (QED) is 0.811. The van der Waals surface area contributed by atoms with Gasteiger partial charge in [0.1, 0.15) is 17.4 Å². The zero-order chi connectivity index (χ0) is 17.0. The Morgan fingerprint density at radius 2 is 1.83 bits per heavy atom. The normalized spacial score (nSPS) is 16.5. The highest BCUT2D eigenvalue weighted by Crippen LogP contribution is 2.21. The fourth-order valence-electron chi connectivity index (χ4n) is 2.47. The molecule has 2 rings (SSSR count). The van der Waals surface area contributed by atoms with Gasteiger partial charge in [-0.15, -0.1) is 0 Å². The first-order valence-corrected chi connectivity index (χ1v) is 8.93. The van der Waals surface area contributed by atoms with E-state index in [2.05, 4.69) is 0 Å². The Balaban J connectivity index is 1.87. The van der Waals surface area contributed by atoms with Gasteiger partial charge in [-0.25, -0.2) is 17.2 Å². The van der Waals surface area contributed by atoms with E-state index in [9.17, 15) is 22.0 Å². The lowest BCUT2D eigenvalue weighted by Gasteiger charge is -2.36. The number of anilines is 1. The lowest BCUT2D eigenvalue weighted by atomic mass is 10.2. The number of halogens is 2. The standard InChI is InChI=1S/C14H18F2N2O4S/c15-11-1-2-12(16)13(9-11)18-5-3-17(4-6-18)7-8-23(21,22)10-14(19)20/h1-2,9H,3-8,10H2,(H,19,20). The smallest absolute Gasteiger partial charge is 0.318 e. The summed E-state index contributed by atoms with van der Waals surface area (Å²) in [4.78, 5) is 14.0. The molecule has 0 unspecified atom stereocenters. The molecule has 0 aromatic heterocycles. The molecule has 0 aliphatic carbocycles. The average Bonchev–Trinajstić information content (AvgIpc) is 2.47. The Labute approximate surface area is 133 Å². The summed E-state index contributed by atoms with van der Waals surface area (Å²) in [5.74, 6) is -3.47. The maximum atomic E-state index is 13.7. The molecule has 1 N–H and O–H groups in total. The molecule has 6 nitrogen and oxygen atoms in total. The third-order valence-corrected chi connectivity index (χ3v) is 5.17. The molecule has 0 amide bonds. The summed E-state index contributed by atoms with van der Waals surface area (Å²) in [6.07, 6.45) is 0. The number of rotatable bonds is 6. The SMILES string of the molecule is O=C(O)CS(=O)(=O)CCN1CCN(c2cc(F)ccc2F)CC1. The van der Waals surface area contributed by atoms with Crippen molar-refractivity contribution in [1.29, 1.82) is 0 Å². The van der Waals surface area contributed by atoms with Gasteiger partial charge in [0.2, 0.25) is 0 Å². The van der Waals surface area contributed by atoms with Crippen molar-refractivity contribution in [3.05, 3.63) is 29.8 Å². The number of benzene rings is 1. The number of piperazine rings is 1. The van der Waals surface area contributed by atoms with Gasteiger partial charge in [0.15, 0.2) is 9.84 Å². The molecule has 1 heterocycles. The summed E-state index contributed by atoms with van der Waals surface area (Å²) >= 11 is 0. The molecule has 1 saturated heterocycles. The average molecular weight is 348 g/mol. The van der Waals surface area contributed by atoms with E-state index >= 15 is 0 Å². The molecule has 0 atom stereocenters. The first-order valence-electron chi connectivity index (χ1n) is 7.11. The molecule has 9 heteroatoms. The highest BCUT2D eigenvalue weighted by Gasteiger charge is 2.22. The van der Waals surface area contributed by atoms with Crippen LogP contribution in [0.2, 0.25) is 0 Å². The molecule has 1 aromatic carbocycles. The van der Waals surface area contributed by atoms with Crippen molar-refractivity contribution >= 4 is 21.5 Å². The zero-order valence-corrected chi connectivity index (χ0v) is 13.2. The molecule has 1 aliphatic rings. The number of nitrogens with zero attached hydrogens (tertiary/aromatic N) is 2. The summed E-state index contributed by atoms with van der Waals surface area (Å²) in [5, 5.41) is 8.53. The Hall–Kier alpha value is -1.74. The summed E-state index contributed by atoms with van der Waals surface area (Å²) in [6, 6.07) is 3.28. The Morgan fingerprint density at radius 3 is 2.43 bits per heavy atom. The summed E-state index contributed by atoms with van der Waals surface area (Å²) < 4.78 is 50.0. The number of sulfone groups is 1. The van der Waals surface area contributed by atoms with Crippen LogP contribution in [0.25, 0.3) is 0 Å². The van der Waals surface area contributed by atoms with Gasteiger partial charge in [-0.3, -0.25) is 9.69 Å². The van der Waals surface area contributed by atoms with Crippen molar-refractivity contribution in [2.24, 2.45) is 0 Å². The lowest BCUT2D eigenvalue weighted by Crippen LogP contribution is -2.48. The van der Waals surface area contributed by atoms with Gasteiger partial charge in [-0.05, 0) is 12.1 Å². The lowest BCUT2D eigenvalue weighted by molar-refractivity contribution is -0.134. The Bertz CT molecular complexity index is 673. The van der Waals surface area contributed by atoms with Gasteiger partial charge in [0.05, 0.1) is 11.4 Å². The van der Waals surface area contributed by atoms with E-state index in [1.165, 1.54) is 0 Å². The van der Waals surface area contributed by atoms with Gasteiger partial charge in [-0.1, -0.05) is 0 Å². The van der Waals surface area contributed by atoms with Crippen LogP contribution in [0.3, 0.4) is 0 Å². The second-order valence-electron chi connectivity index (χ2n) is 5.41. The van der Waals surface area contributed by atoms with Crippen LogP contribution in [-0.2, 0) is 14.6 Å². The van der Waals surface area contributed by atoms with E-state index in [0.29, 0.717) is 26.2 Å². The predicted molar refractivity (Wildman–Crippen MR) is 81.3 cm³/mol. The molecule has 0 radical (unpaired) electrons. The van der Waals surface area contributed by atoms with E-state index < -0.39 is 33.2 Å². The monoisotopic (exact) mass is 348 g/mol. The van der Waals surface area contributed by atoms with Crippen molar-refractivity contribution in [2.45, 2.75) is 0 Å². The minimum Gasteiger partial charge on any atom is -0.480 e. The number of carbonyl (C=O) groups is 1. The van der Waals surface area contributed by atoms with Crippen molar-refractivity contribution in [3.63, 3.8) is 0 Å². The number of aliphatic carboxylic acids is 1.